The lowest BCUT2D eigenvalue weighted by atomic mass is 10.1. The molecule has 1 unspecified atom stereocenters. The third-order valence-corrected chi connectivity index (χ3v) is 5.13. The highest BCUT2D eigenvalue weighted by molar-refractivity contribution is 6.45. The molecule has 0 saturated carbocycles. The Labute approximate surface area is 164 Å². The number of hydrazone groups is 1. The molecule has 0 aromatic heterocycles. The SMILES string of the molecule is N#CC1=NN(c2ccc(OCc3ccccc3)cc2)C2CCCCCN2C1=O. The van der Waals surface area contributed by atoms with Crippen molar-refractivity contribution in [2.24, 2.45) is 5.10 Å². The van der Waals surface area contributed by atoms with Crippen molar-refractivity contribution in [3.8, 4) is 11.8 Å². The third kappa shape index (κ3) is 3.70. The van der Waals surface area contributed by atoms with E-state index in [0.29, 0.717) is 13.2 Å². The first-order valence-electron chi connectivity index (χ1n) is 9.62. The van der Waals surface area contributed by atoms with Crippen LogP contribution in [-0.2, 0) is 11.4 Å². The number of amides is 1. The number of nitrogens with zero attached hydrogens (tertiary/aromatic N) is 4. The maximum atomic E-state index is 12.5. The van der Waals surface area contributed by atoms with Crippen molar-refractivity contribution in [3.05, 3.63) is 60.2 Å². The molecule has 2 aromatic rings. The standard InChI is InChI=1S/C22H22N4O2/c23-15-20-22(27)25-14-6-2-5-9-21(25)26(24-20)18-10-12-19(13-11-18)28-16-17-7-3-1-4-8-17/h1,3-4,7-8,10-13,21H,2,5-6,9,14,16H2. The van der Waals surface area contributed by atoms with Crippen LogP contribution in [0.4, 0.5) is 5.69 Å². The minimum Gasteiger partial charge on any atom is -0.489 e. The van der Waals surface area contributed by atoms with E-state index in [4.69, 9.17) is 4.74 Å². The zero-order valence-corrected chi connectivity index (χ0v) is 15.6. The van der Waals surface area contributed by atoms with Gasteiger partial charge < -0.3 is 9.64 Å². The number of rotatable bonds is 4. The fraction of sp³-hybridized carbons (Fsp3) is 0.318. The van der Waals surface area contributed by atoms with Crippen LogP contribution < -0.4 is 9.75 Å². The fourth-order valence-corrected chi connectivity index (χ4v) is 3.67. The van der Waals surface area contributed by atoms with Crippen molar-refractivity contribution >= 4 is 17.3 Å². The number of ether oxygens (including phenoxy) is 1. The molecule has 0 radical (unpaired) electrons. The number of anilines is 1. The summed E-state index contributed by atoms with van der Waals surface area (Å²) < 4.78 is 5.85. The highest BCUT2D eigenvalue weighted by Crippen LogP contribution is 2.30. The summed E-state index contributed by atoms with van der Waals surface area (Å²) in [6.45, 7) is 1.17. The Balaban J connectivity index is 1.54. The molecule has 0 aliphatic carbocycles. The van der Waals surface area contributed by atoms with Gasteiger partial charge >= 0.3 is 0 Å². The number of hydrogen-bond acceptors (Lipinski definition) is 5. The zero-order valence-electron chi connectivity index (χ0n) is 15.6. The fourth-order valence-electron chi connectivity index (χ4n) is 3.67. The van der Waals surface area contributed by atoms with Gasteiger partial charge in [-0.2, -0.15) is 10.4 Å². The maximum Gasteiger partial charge on any atom is 0.286 e. The van der Waals surface area contributed by atoms with Crippen LogP contribution in [0.15, 0.2) is 59.7 Å². The summed E-state index contributed by atoms with van der Waals surface area (Å²) in [5, 5.41) is 15.5. The van der Waals surface area contributed by atoms with E-state index >= 15 is 0 Å². The quantitative estimate of drug-likeness (QED) is 0.818. The molecule has 6 nitrogen and oxygen atoms in total. The summed E-state index contributed by atoms with van der Waals surface area (Å²) in [5.74, 6) is 0.511. The molecule has 6 heteroatoms. The van der Waals surface area contributed by atoms with E-state index in [1.54, 1.807) is 4.90 Å². The number of hydrogen-bond donors (Lipinski definition) is 0. The Bertz CT molecular complexity index is 902. The Kier molecular flexibility index (Phi) is 5.24. The van der Waals surface area contributed by atoms with Crippen molar-refractivity contribution in [1.29, 1.82) is 5.26 Å². The van der Waals surface area contributed by atoms with E-state index in [1.807, 2.05) is 65.7 Å². The molecule has 28 heavy (non-hydrogen) atoms. The topological polar surface area (TPSA) is 68.9 Å². The van der Waals surface area contributed by atoms with Crippen LogP contribution in [0.25, 0.3) is 0 Å². The van der Waals surface area contributed by atoms with Crippen molar-refractivity contribution in [1.82, 2.24) is 4.90 Å². The number of carbonyl (C=O) groups is 1. The summed E-state index contributed by atoms with van der Waals surface area (Å²) in [5.41, 5.74) is 1.91. The van der Waals surface area contributed by atoms with Gasteiger partial charge in [-0.3, -0.25) is 4.79 Å². The van der Waals surface area contributed by atoms with E-state index in [2.05, 4.69) is 5.10 Å². The van der Waals surface area contributed by atoms with Gasteiger partial charge in [-0.15, -0.1) is 0 Å². The molecule has 4 rings (SSSR count). The number of fused-ring (bicyclic) bond motifs is 1. The van der Waals surface area contributed by atoms with E-state index in [9.17, 15) is 10.1 Å². The van der Waals surface area contributed by atoms with Crippen LogP contribution in [0.5, 0.6) is 5.75 Å². The normalized spacial score (nSPS) is 19.3. The molecule has 2 aromatic carbocycles. The molecule has 0 N–H and O–H groups in total. The highest BCUT2D eigenvalue weighted by Gasteiger charge is 2.37. The summed E-state index contributed by atoms with van der Waals surface area (Å²) in [4.78, 5) is 14.3. The lowest BCUT2D eigenvalue weighted by molar-refractivity contribution is -0.126. The predicted molar refractivity (Wildman–Crippen MR) is 107 cm³/mol. The second kappa shape index (κ2) is 8.13. The Morgan fingerprint density at radius 3 is 2.61 bits per heavy atom. The molecular formula is C22H22N4O2. The molecule has 1 fully saturated rings. The average molecular weight is 374 g/mol. The predicted octanol–water partition coefficient (Wildman–Crippen LogP) is 3.69. The van der Waals surface area contributed by atoms with E-state index < -0.39 is 0 Å². The molecule has 2 aliphatic rings. The van der Waals surface area contributed by atoms with Gasteiger partial charge in [-0.25, -0.2) is 5.01 Å². The summed E-state index contributed by atoms with van der Waals surface area (Å²) in [6.07, 6.45) is 3.80. The van der Waals surface area contributed by atoms with Crippen molar-refractivity contribution in [3.63, 3.8) is 0 Å². The van der Waals surface area contributed by atoms with E-state index in [0.717, 1.165) is 42.7 Å². The van der Waals surface area contributed by atoms with Crippen LogP contribution in [-0.4, -0.2) is 29.2 Å². The van der Waals surface area contributed by atoms with Crippen LogP contribution in [0.2, 0.25) is 0 Å². The molecule has 0 spiro atoms. The molecule has 2 heterocycles. The molecule has 2 aliphatic heterocycles. The summed E-state index contributed by atoms with van der Waals surface area (Å²) >= 11 is 0. The lowest BCUT2D eigenvalue weighted by Gasteiger charge is -2.40. The molecule has 1 amide bonds. The highest BCUT2D eigenvalue weighted by atomic mass is 16.5. The monoisotopic (exact) mass is 374 g/mol. The second-order valence-corrected chi connectivity index (χ2v) is 7.00. The number of carbonyl (C=O) groups excluding carboxylic acids is 1. The Morgan fingerprint density at radius 2 is 1.86 bits per heavy atom. The minimum atomic E-state index is -0.256. The third-order valence-electron chi connectivity index (χ3n) is 5.13. The average Bonchev–Trinajstić information content (AvgIpc) is 3.00. The lowest BCUT2D eigenvalue weighted by Crippen LogP contribution is -2.55. The minimum absolute atomic E-state index is 0.0532. The Hall–Kier alpha value is -3.33. The van der Waals surface area contributed by atoms with Crippen molar-refractivity contribution in [2.75, 3.05) is 11.6 Å². The van der Waals surface area contributed by atoms with Crippen LogP contribution in [0.3, 0.4) is 0 Å². The van der Waals surface area contributed by atoms with Crippen LogP contribution in [0, 0.1) is 11.3 Å². The van der Waals surface area contributed by atoms with Crippen molar-refractivity contribution in [2.45, 2.75) is 38.5 Å². The first kappa shape index (κ1) is 18.1. The molecule has 0 bridgehead atoms. The Morgan fingerprint density at radius 1 is 1.07 bits per heavy atom. The molecule has 1 atom stereocenters. The molecule has 1 saturated heterocycles. The van der Waals surface area contributed by atoms with E-state index in [-0.39, 0.29) is 17.8 Å². The molecule has 142 valence electrons. The molecular weight excluding hydrogens is 352 g/mol. The largest absolute Gasteiger partial charge is 0.489 e. The van der Waals surface area contributed by atoms with E-state index in [1.165, 1.54) is 0 Å². The van der Waals surface area contributed by atoms with Gasteiger partial charge in [0.25, 0.3) is 5.91 Å². The van der Waals surface area contributed by atoms with Crippen molar-refractivity contribution < 1.29 is 9.53 Å². The van der Waals surface area contributed by atoms with Gasteiger partial charge in [0.2, 0.25) is 5.71 Å². The number of nitriles is 1. The maximum absolute atomic E-state index is 12.5. The summed E-state index contributed by atoms with van der Waals surface area (Å²) in [6, 6.07) is 19.6. The first-order valence-corrected chi connectivity index (χ1v) is 9.62. The summed E-state index contributed by atoms with van der Waals surface area (Å²) in [7, 11) is 0. The van der Waals surface area contributed by atoms with Crippen LogP contribution in [0.1, 0.15) is 31.2 Å². The van der Waals surface area contributed by atoms with Gasteiger partial charge in [0.1, 0.15) is 24.6 Å². The smallest absolute Gasteiger partial charge is 0.286 e. The van der Waals surface area contributed by atoms with Gasteiger partial charge in [-0.05, 0) is 49.1 Å². The number of benzene rings is 2. The van der Waals surface area contributed by atoms with Gasteiger partial charge in [-0.1, -0.05) is 36.8 Å². The van der Waals surface area contributed by atoms with Gasteiger partial charge in [0, 0.05) is 6.54 Å². The second-order valence-electron chi connectivity index (χ2n) is 7.00. The van der Waals surface area contributed by atoms with Gasteiger partial charge in [0.05, 0.1) is 5.69 Å². The first-order chi connectivity index (χ1) is 13.8. The van der Waals surface area contributed by atoms with Crippen LogP contribution >= 0.6 is 0 Å². The van der Waals surface area contributed by atoms with Gasteiger partial charge in [0.15, 0.2) is 0 Å². The zero-order chi connectivity index (χ0) is 19.3.